The highest BCUT2D eigenvalue weighted by molar-refractivity contribution is 5.85. The molecule has 2 atom stereocenters. The van der Waals surface area contributed by atoms with Crippen molar-refractivity contribution in [1.29, 1.82) is 0 Å². The van der Waals surface area contributed by atoms with Crippen LogP contribution in [0.25, 0.3) is 11.1 Å². The van der Waals surface area contributed by atoms with Crippen LogP contribution in [0.1, 0.15) is 40.0 Å². The highest BCUT2D eigenvalue weighted by atomic mass is 16.6. The minimum absolute atomic E-state index is 0.00217. The van der Waals surface area contributed by atoms with E-state index in [0.717, 1.165) is 29.7 Å². The van der Waals surface area contributed by atoms with E-state index in [4.69, 9.17) is 4.74 Å². The van der Waals surface area contributed by atoms with Crippen molar-refractivity contribution in [3.63, 3.8) is 0 Å². The number of hydrogen-bond acceptors (Lipinski definition) is 2. The summed E-state index contributed by atoms with van der Waals surface area (Å²) in [7, 11) is 0. The highest BCUT2D eigenvalue weighted by Gasteiger charge is 2.33. The van der Waals surface area contributed by atoms with Crippen molar-refractivity contribution in [2.45, 2.75) is 46.1 Å². The number of anilines is 1. The van der Waals surface area contributed by atoms with E-state index in [1.807, 2.05) is 42.5 Å². The number of amides is 1. The van der Waals surface area contributed by atoms with Crippen molar-refractivity contribution in [2.75, 3.05) is 5.32 Å². The van der Waals surface area contributed by atoms with Gasteiger partial charge in [-0.3, -0.25) is 5.32 Å². The quantitative estimate of drug-likeness (QED) is 0.733. The lowest BCUT2D eigenvalue weighted by Gasteiger charge is -2.38. The van der Waals surface area contributed by atoms with Crippen LogP contribution in [0.3, 0.4) is 0 Å². The lowest BCUT2D eigenvalue weighted by atomic mass is 9.71. The number of hydrogen-bond donors (Lipinski definition) is 1. The second-order valence-corrected chi connectivity index (χ2v) is 8.01. The molecule has 3 nitrogen and oxygen atoms in total. The smallest absolute Gasteiger partial charge is 0.411 e. The van der Waals surface area contributed by atoms with Crippen LogP contribution >= 0.6 is 0 Å². The summed E-state index contributed by atoms with van der Waals surface area (Å²) < 4.78 is 5.67. The first-order valence-corrected chi connectivity index (χ1v) is 9.04. The van der Waals surface area contributed by atoms with Gasteiger partial charge in [0.25, 0.3) is 0 Å². The highest BCUT2D eigenvalue weighted by Crippen LogP contribution is 2.39. The number of ether oxygens (including phenoxy) is 1. The van der Waals surface area contributed by atoms with Crippen LogP contribution < -0.4 is 5.32 Å². The molecular formula is C22H27NO2. The van der Waals surface area contributed by atoms with Gasteiger partial charge in [-0.05, 0) is 53.9 Å². The number of benzene rings is 2. The second kappa shape index (κ2) is 7.30. The third-order valence-corrected chi connectivity index (χ3v) is 4.86. The zero-order valence-corrected chi connectivity index (χ0v) is 15.3. The second-order valence-electron chi connectivity index (χ2n) is 8.01. The van der Waals surface area contributed by atoms with E-state index in [2.05, 4.69) is 38.2 Å². The third-order valence-electron chi connectivity index (χ3n) is 4.86. The Labute approximate surface area is 150 Å². The average Bonchev–Trinajstić information content (AvgIpc) is 2.54. The van der Waals surface area contributed by atoms with Gasteiger partial charge in [0.2, 0.25) is 0 Å². The summed E-state index contributed by atoms with van der Waals surface area (Å²) in [6.07, 6.45) is 2.71. The Morgan fingerprint density at radius 1 is 1.00 bits per heavy atom. The molecule has 1 amide bonds. The van der Waals surface area contributed by atoms with Crippen LogP contribution in [0.2, 0.25) is 0 Å². The fourth-order valence-corrected chi connectivity index (χ4v) is 4.02. The normalized spacial score (nSPS) is 22.2. The summed E-state index contributed by atoms with van der Waals surface area (Å²) in [6, 6.07) is 18.0. The molecule has 132 valence electrons. The predicted octanol–water partition coefficient (Wildman–Crippen LogP) is 6.12. The van der Waals surface area contributed by atoms with Crippen molar-refractivity contribution in [3.05, 3.63) is 54.6 Å². The molecule has 2 aromatic rings. The first kappa shape index (κ1) is 17.5. The van der Waals surface area contributed by atoms with Gasteiger partial charge in [0.05, 0.1) is 0 Å². The van der Waals surface area contributed by atoms with E-state index in [-0.39, 0.29) is 17.6 Å². The zero-order valence-electron chi connectivity index (χ0n) is 15.3. The van der Waals surface area contributed by atoms with E-state index < -0.39 is 0 Å². The molecule has 25 heavy (non-hydrogen) atoms. The summed E-state index contributed by atoms with van der Waals surface area (Å²) in [5, 5.41) is 2.85. The average molecular weight is 337 g/mol. The molecule has 0 bridgehead atoms. The topological polar surface area (TPSA) is 38.3 Å². The molecular weight excluding hydrogens is 310 g/mol. The molecule has 3 rings (SSSR count). The summed E-state index contributed by atoms with van der Waals surface area (Å²) in [4.78, 5) is 12.2. The summed E-state index contributed by atoms with van der Waals surface area (Å²) in [5.74, 6) is 0.590. The van der Waals surface area contributed by atoms with Crippen LogP contribution in [0.15, 0.2) is 54.6 Å². The standard InChI is InChI=1S/C22H27NO2/c1-16-13-20(15-22(2,3)14-16)25-21(24)23-19-11-9-18(10-12-19)17-7-5-4-6-8-17/h4-12,16,20H,13-15H2,1-3H3,(H,23,24). The Kier molecular flexibility index (Phi) is 5.12. The van der Waals surface area contributed by atoms with Gasteiger partial charge in [0.15, 0.2) is 0 Å². The van der Waals surface area contributed by atoms with Gasteiger partial charge in [-0.2, -0.15) is 0 Å². The van der Waals surface area contributed by atoms with Crippen molar-refractivity contribution in [2.24, 2.45) is 11.3 Å². The fraction of sp³-hybridized carbons (Fsp3) is 0.409. The lowest BCUT2D eigenvalue weighted by Crippen LogP contribution is -2.34. The van der Waals surface area contributed by atoms with Gasteiger partial charge >= 0.3 is 6.09 Å². The van der Waals surface area contributed by atoms with Crippen molar-refractivity contribution in [1.82, 2.24) is 0 Å². The molecule has 0 aliphatic heterocycles. The summed E-state index contributed by atoms with van der Waals surface area (Å²) in [5.41, 5.74) is 3.28. The molecule has 0 heterocycles. The van der Waals surface area contributed by atoms with Crippen molar-refractivity contribution in [3.8, 4) is 11.1 Å². The molecule has 0 spiro atoms. The van der Waals surface area contributed by atoms with E-state index in [9.17, 15) is 4.79 Å². The van der Waals surface area contributed by atoms with E-state index in [1.54, 1.807) is 0 Å². The van der Waals surface area contributed by atoms with Gasteiger partial charge in [-0.25, -0.2) is 4.79 Å². The number of carbonyl (C=O) groups is 1. The van der Waals surface area contributed by atoms with Gasteiger partial charge in [-0.15, -0.1) is 0 Å². The van der Waals surface area contributed by atoms with E-state index >= 15 is 0 Å². The molecule has 1 aliphatic rings. The molecule has 1 aliphatic carbocycles. The molecule has 2 aromatic carbocycles. The minimum Gasteiger partial charge on any atom is -0.446 e. The van der Waals surface area contributed by atoms with E-state index in [0.29, 0.717) is 5.92 Å². The van der Waals surface area contributed by atoms with Crippen molar-refractivity contribution >= 4 is 11.8 Å². The summed E-state index contributed by atoms with van der Waals surface area (Å²) >= 11 is 0. The zero-order chi connectivity index (χ0) is 17.9. The maximum Gasteiger partial charge on any atom is 0.411 e. The predicted molar refractivity (Wildman–Crippen MR) is 103 cm³/mol. The Hall–Kier alpha value is -2.29. The van der Waals surface area contributed by atoms with Gasteiger partial charge in [-0.1, -0.05) is 63.2 Å². The van der Waals surface area contributed by atoms with Gasteiger partial charge < -0.3 is 4.74 Å². The Morgan fingerprint density at radius 2 is 1.64 bits per heavy atom. The van der Waals surface area contributed by atoms with Crippen LogP contribution in [0.5, 0.6) is 0 Å². The maximum absolute atomic E-state index is 12.2. The fourth-order valence-electron chi connectivity index (χ4n) is 4.02. The number of nitrogens with one attached hydrogen (secondary N) is 1. The van der Waals surface area contributed by atoms with Crippen LogP contribution in [0.4, 0.5) is 10.5 Å². The Morgan fingerprint density at radius 3 is 2.28 bits per heavy atom. The molecule has 0 saturated heterocycles. The molecule has 2 unspecified atom stereocenters. The SMILES string of the molecule is CC1CC(OC(=O)Nc2ccc(-c3ccccc3)cc2)CC(C)(C)C1. The number of rotatable bonds is 3. The Bertz CT molecular complexity index is 707. The monoisotopic (exact) mass is 337 g/mol. The molecule has 0 aromatic heterocycles. The maximum atomic E-state index is 12.2. The van der Waals surface area contributed by atoms with E-state index in [1.165, 1.54) is 6.42 Å². The lowest BCUT2D eigenvalue weighted by molar-refractivity contribution is 0.0250. The molecule has 0 radical (unpaired) electrons. The van der Waals surface area contributed by atoms with Crippen LogP contribution in [-0.4, -0.2) is 12.2 Å². The molecule has 1 saturated carbocycles. The van der Waals surface area contributed by atoms with Crippen LogP contribution in [-0.2, 0) is 4.74 Å². The Balaban J connectivity index is 1.58. The van der Waals surface area contributed by atoms with Gasteiger partial charge in [0, 0.05) is 5.69 Å². The minimum atomic E-state index is -0.359. The number of carbonyl (C=O) groups excluding carboxylic acids is 1. The molecule has 3 heteroatoms. The molecule has 1 N–H and O–H groups in total. The molecule has 1 fully saturated rings. The third kappa shape index (κ3) is 4.85. The summed E-state index contributed by atoms with van der Waals surface area (Å²) in [6.45, 7) is 6.73. The largest absolute Gasteiger partial charge is 0.446 e. The van der Waals surface area contributed by atoms with Crippen LogP contribution in [0, 0.1) is 11.3 Å². The first-order valence-electron chi connectivity index (χ1n) is 9.04. The van der Waals surface area contributed by atoms with Crippen molar-refractivity contribution < 1.29 is 9.53 Å². The van der Waals surface area contributed by atoms with Gasteiger partial charge in [0.1, 0.15) is 6.10 Å². The first-order chi connectivity index (χ1) is 11.9.